The molecule has 136 valence electrons. The van der Waals surface area contributed by atoms with Gasteiger partial charge in [-0.05, 0) is 11.6 Å². The lowest BCUT2D eigenvalue weighted by molar-refractivity contribution is -0.518. The van der Waals surface area contributed by atoms with Gasteiger partial charge >= 0.3 is 0 Å². The van der Waals surface area contributed by atoms with Gasteiger partial charge in [0.2, 0.25) is 6.04 Å². The first-order valence-corrected chi connectivity index (χ1v) is 9.43. The van der Waals surface area contributed by atoms with Crippen molar-refractivity contribution in [2.45, 2.75) is 6.04 Å². The number of hydrogen-bond acceptors (Lipinski definition) is 0. The highest BCUT2D eigenvalue weighted by atomic mass is 15.1. The minimum atomic E-state index is 0.0290. The van der Waals surface area contributed by atoms with Crippen LogP contribution in [-0.4, -0.2) is 28.6 Å². The number of rotatable bonds is 1. The number of hydrogen-bond donors (Lipinski definition) is 0. The average molecular weight is 361 g/mol. The van der Waals surface area contributed by atoms with Gasteiger partial charge in [-0.2, -0.15) is 24.1 Å². The zero-order chi connectivity index (χ0) is 19.1. The van der Waals surface area contributed by atoms with Crippen molar-refractivity contribution in [3.05, 3.63) is 138 Å². The third kappa shape index (κ3) is 2.54. The van der Waals surface area contributed by atoms with Crippen molar-refractivity contribution < 1.29 is 9.15 Å². The van der Waals surface area contributed by atoms with E-state index in [-0.39, 0.29) is 6.04 Å². The molecule has 2 aliphatic heterocycles. The fourth-order valence-electron chi connectivity index (χ4n) is 4.19. The van der Waals surface area contributed by atoms with E-state index in [1.807, 2.05) is 21.4 Å². The molecule has 0 bridgehead atoms. The summed E-state index contributed by atoms with van der Waals surface area (Å²) in [6.45, 7) is 8.56. The van der Waals surface area contributed by atoms with Crippen LogP contribution in [0.4, 0.5) is 0 Å². The molecule has 0 amide bonds. The zero-order valence-corrected chi connectivity index (χ0v) is 15.6. The molecular formula is C26H21N2-. The van der Waals surface area contributed by atoms with E-state index in [4.69, 9.17) is 0 Å². The van der Waals surface area contributed by atoms with Crippen molar-refractivity contribution in [2.24, 2.45) is 0 Å². The van der Waals surface area contributed by atoms with Crippen LogP contribution < -0.4 is 0 Å². The first kappa shape index (κ1) is 16.5. The molecule has 28 heavy (non-hydrogen) atoms. The fraction of sp³-hybridized carbons (Fsp3) is 0.0385. The van der Waals surface area contributed by atoms with Gasteiger partial charge in [0.1, 0.15) is 19.1 Å². The Kier molecular flexibility index (Phi) is 3.84. The standard InChI is InChI=1S/C26H21N2/c1-27-17-15-21(19-9-5-3-6-10-19)23-13-14-24-22(20-11-7-4-8-12-20)16-18-28(2)26(24)25(23)27/h3-18,25H,1-2H2/q-1. The lowest BCUT2D eigenvalue weighted by Gasteiger charge is -2.40. The van der Waals surface area contributed by atoms with Crippen LogP contribution in [0.3, 0.4) is 0 Å². The Balaban J connectivity index is 1.63. The van der Waals surface area contributed by atoms with Crippen molar-refractivity contribution in [1.82, 2.24) is 0 Å². The Morgan fingerprint density at radius 3 is 2.61 bits per heavy atom. The first-order valence-electron chi connectivity index (χ1n) is 9.43. The number of fused-ring (bicyclic) bond motifs is 2. The quantitative estimate of drug-likeness (QED) is 0.514. The van der Waals surface area contributed by atoms with Gasteiger partial charge in [0, 0.05) is 0 Å². The maximum absolute atomic E-state index is 4.29. The van der Waals surface area contributed by atoms with Crippen molar-refractivity contribution in [1.29, 1.82) is 0 Å². The first-order chi connectivity index (χ1) is 13.7. The Morgan fingerprint density at radius 1 is 0.964 bits per heavy atom. The van der Waals surface area contributed by atoms with E-state index < -0.39 is 0 Å². The molecular weight excluding hydrogens is 340 g/mol. The molecule has 0 spiro atoms. The summed E-state index contributed by atoms with van der Waals surface area (Å²) in [6.07, 6.45) is 23.4. The van der Waals surface area contributed by atoms with Crippen LogP contribution in [0.5, 0.6) is 0 Å². The predicted molar refractivity (Wildman–Crippen MR) is 115 cm³/mol. The van der Waals surface area contributed by atoms with Gasteiger partial charge in [-0.3, -0.25) is 4.58 Å². The molecule has 5 rings (SSSR count). The van der Waals surface area contributed by atoms with Gasteiger partial charge in [0.25, 0.3) is 0 Å². The maximum Gasteiger partial charge on any atom is 0.213 e. The molecule has 2 nitrogen and oxygen atoms in total. The lowest BCUT2D eigenvalue weighted by Crippen LogP contribution is -2.38. The van der Waals surface area contributed by atoms with Crippen molar-refractivity contribution in [3.63, 3.8) is 0 Å². The summed E-state index contributed by atoms with van der Waals surface area (Å²) in [5.41, 5.74) is 7.27. The van der Waals surface area contributed by atoms with Gasteiger partial charge in [-0.1, -0.05) is 11.6 Å². The maximum atomic E-state index is 4.29. The SMILES string of the molecule is C=[N+]1C=C[C-](c2ccccc2)C2=C1C1C(=C[CH-]2)C(=C2C=CC=C[CH-]2)C=C[N+]1=C. The molecule has 1 aromatic carbocycles. The number of benzene rings is 1. The van der Waals surface area contributed by atoms with Gasteiger partial charge in [0.05, 0.1) is 6.20 Å². The summed E-state index contributed by atoms with van der Waals surface area (Å²) >= 11 is 0. The molecule has 0 N–H and O–H groups in total. The number of nitrogens with zero attached hydrogens (tertiary/aromatic N) is 2. The third-order valence-electron chi connectivity index (χ3n) is 5.52. The summed E-state index contributed by atoms with van der Waals surface area (Å²) < 4.78 is 4.01. The highest BCUT2D eigenvalue weighted by Gasteiger charge is 2.37. The molecule has 0 radical (unpaired) electrons. The topological polar surface area (TPSA) is 6.02 Å². The average Bonchev–Trinajstić information content (AvgIpc) is 2.75. The van der Waals surface area contributed by atoms with Crippen molar-refractivity contribution in [2.75, 3.05) is 0 Å². The molecule has 0 aromatic heterocycles. The van der Waals surface area contributed by atoms with Crippen LogP contribution in [0.1, 0.15) is 5.56 Å². The second kappa shape index (κ2) is 6.50. The minimum absolute atomic E-state index is 0.0290. The molecule has 2 aliphatic carbocycles. The summed E-state index contributed by atoms with van der Waals surface area (Å²) in [4.78, 5) is 0. The molecule has 0 saturated carbocycles. The van der Waals surface area contributed by atoms with E-state index in [0.29, 0.717) is 0 Å². The smallest absolute Gasteiger partial charge is 0.213 e. The predicted octanol–water partition coefficient (Wildman–Crippen LogP) is 4.48. The van der Waals surface area contributed by atoms with Crippen LogP contribution in [-0.2, 0) is 0 Å². The van der Waals surface area contributed by atoms with E-state index in [1.54, 1.807) is 0 Å². The Labute approximate surface area is 166 Å². The molecule has 1 unspecified atom stereocenters. The van der Waals surface area contributed by atoms with Crippen LogP contribution in [0, 0.1) is 18.8 Å². The molecule has 1 aromatic rings. The minimum Gasteiger partial charge on any atom is -0.280 e. The zero-order valence-electron chi connectivity index (χ0n) is 15.6. The lowest BCUT2D eigenvalue weighted by atomic mass is 9.76. The monoisotopic (exact) mass is 361 g/mol. The fourth-order valence-corrected chi connectivity index (χ4v) is 4.19. The summed E-state index contributed by atoms with van der Waals surface area (Å²) in [5, 5.41) is 0. The Bertz CT molecular complexity index is 1080. The highest BCUT2D eigenvalue weighted by molar-refractivity contribution is 5.65. The van der Waals surface area contributed by atoms with Gasteiger partial charge in [0.15, 0.2) is 6.20 Å². The van der Waals surface area contributed by atoms with Gasteiger partial charge < -0.3 is 0 Å². The second-order valence-electron chi connectivity index (χ2n) is 7.17. The third-order valence-corrected chi connectivity index (χ3v) is 5.52. The molecule has 0 fully saturated rings. The summed E-state index contributed by atoms with van der Waals surface area (Å²) in [7, 11) is 0. The molecule has 1 atom stereocenters. The molecule has 2 heterocycles. The second-order valence-corrected chi connectivity index (χ2v) is 7.17. The number of allylic oxidation sites excluding steroid dienone is 9. The molecule has 4 aliphatic rings. The van der Waals surface area contributed by atoms with Crippen molar-refractivity contribution >= 4 is 13.4 Å². The summed E-state index contributed by atoms with van der Waals surface area (Å²) in [6, 6.07) is 10.5. The normalized spacial score (nSPS) is 25.2. The van der Waals surface area contributed by atoms with Crippen LogP contribution in [0.25, 0.3) is 0 Å². The highest BCUT2D eigenvalue weighted by Crippen LogP contribution is 2.43. The van der Waals surface area contributed by atoms with Crippen LogP contribution in [0.2, 0.25) is 0 Å². The summed E-state index contributed by atoms with van der Waals surface area (Å²) in [5.74, 6) is 1.22. The van der Waals surface area contributed by atoms with E-state index in [9.17, 15) is 0 Å². The van der Waals surface area contributed by atoms with Crippen LogP contribution >= 0.6 is 0 Å². The van der Waals surface area contributed by atoms with E-state index in [0.717, 1.165) is 5.70 Å². The largest absolute Gasteiger partial charge is 0.280 e. The molecule has 0 saturated heterocycles. The van der Waals surface area contributed by atoms with Crippen molar-refractivity contribution in [3.8, 4) is 0 Å². The Morgan fingerprint density at radius 2 is 1.82 bits per heavy atom. The van der Waals surface area contributed by atoms with E-state index in [1.165, 1.54) is 33.8 Å². The molecule has 2 heteroatoms. The van der Waals surface area contributed by atoms with E-state index >= 15 is 0 Å². The van der Waals surface area contributed by atoms with Crippen LogP contribution in [0.15, 0.2) is 113 Å². The van der Waals surface area contributed by atoms with Gasteiger partial charge in [-0.25, -0.2) is 4.58 Å². The van der Waals surface area contributed by atoms with Gasteiger partial charge in [-0.15, -0.1) is 72.1 Å². The van der Waals surface area contributed by atoms with E-state index in [2.05, 4.69) is 99.3 Å². The Hall–Kier alpha value is -3.65.